The predicted molar refractivity (Wildman–Crippen MR) is 257 cm³/mol. The van der Waals surface area contributed by atoms with Crippen molar-refractivity contribution in [3.05, 3.63) is 153 Å². The molecule has 8 rings (SSSR count). The lowest BCUT2D eigenvalue weighted by molar-refractivity contribution is -0.384. The number of thiophene rings is 2. The van der Waals surface area contributed by atoms with Crippen LogP contribution in [0, 0.1) is 10.1 Å². The third-order valence-electron chi connectivity index (χ3n) is 11.8. The van der Waals surface area contributed by atoms with Gasteiger partial charge in [-0.05, 0) is 98.3 Å². The minimum atomic E-state index is -4.15. The van der Waals surface area contributed by atoms with Gasteiger partial charge in [0.2, 0.25) is 0 Å². The van der Waals surface area contributed by atoms with Gasteiger partial charge in [-0.2, -0.15) is 9.44 Å². The summed E-state index contributed by atoms with van der Waals surface area (Å²) in [4.78, 5) is 37.3. The van der Waals surface area contributed by atoms with E-state index in [9.17, 15) is 41.6 Å². The molecule has 2 aliphatic rings. The summed E-state index contributed by atoms with van der Waals surface area (Å²) in [5.41, 5.74) is 3.22. The Labute approximate surface area is 400 Å². The first-order valence-electron chi connectivity index (χ1n) is 20.1. The third-order valence-corrected chi connectivity index (χ3v) is 18.7. The molecule has 0 radical (unpaired) electrons. The molecule has 4 atom stereocenters. The number of hydrogen-bond donors (Lipinski definition) is 4. The molecule has 2 fully saturated rings. The highest BCUT2D eigenvalue weighted by Crippen LogP contribution is 2.60. The van der Waals surface area contributed by atoms with Gasteiger partial charge in [-0.1, -0.05) is 110 Å². The van der Waals surface area contributed by atoms with Gasteiger partial charge in [-0.15, -0.1) is 22.7 Å². The maximum absolute atomic E-state index is 13.5. The van der Waals surface area contributed by atoms with Crippen molar-refractivity contribution in [2.24, 2.45) is 0 Å². The fourth-order valence-electron chi connectivity index (χ4n) is 7.94. The van der Waals surface area contributed by atoms with Crippen LogP contribution >= 0.6 is 45.9 Å². The van der Waals surface area contributed by atoms with Crippen molar-refractivity contribution in [3.8, 4) is 20.9 Å². The first-order chi connectivity index (χ1) is 30.8. The van der Waals surface area contributed by atoms with Crippen molar-refractivity contribution in [2.45, 2.75) is 83.4 Å². The van der Waals surface area contributed by atoms with E-state index in [1.807, 2.05) is 67.6 Å². The number of aliphatic carboxylic acids is 1. The first-order valence-corrected chi connectivity index (χ1v) is 25.5. The number of carbonyl (C=O) groups is 2. The lowest BCUT2D eigenvalue weighted by Crippen LogP contribution is -2.50. The molecular weight excluding hydrogens is 968 g/mol. The number of rotatable bonds is 13. The summed E-state index contributed by atoms with van der Waals surface area (Å²) in [6, 6.07) is 33.8. The predicted octanol–water partition coefficient (Wildman–Crippen LogP) is 9.81. The molecule has 0 bridgehead atoms. The van der Waals surface area contributed by atoms with E-state index in [-0.39, 0.29) is 32.0 Å². The summed E-state index contributed by atoms with van der Waals surface area (Å²) >= 11 is 13.8. The molecule has 14 nitrogen and oxygen atoms in total. The van der Waals surface area contributed by atoms with Crippen molar-refractivity contribution >= 4 is 89.2 Å². The van der Waals surface area contributed by atoms with Crippen molar-refractivity contribution in [3.63, 3.8) is 0 Å². The van der Waals surface area contributed by atoms with Crippen LogP contribution in [-0.4, -0.2) is 55.5 Å². The van der Waals surface area contributed by atoms with Crippen molar-refractivity contribution in [1.82, 2.24) is 9.44 Å². The van der Waals surface area contributed by atoms with Gasteiger partial charge in [0.25, 0.3) is 25.7 Å². The number of ether oxygens (including phenoxy) is 1. The van der Waals surface area contributed by atoms with Gasteiger partial charge in [0.05, 0.1) is 15.6 Å². The number of sulfonamides is 2. The van der Waals surface area contributed by atoms with E-state index in [0.29, 0.717) is 26.0 Å². The van der Waals surface area contributed by atoms with Crippen LogP contribution in [0.25, 0.3) is 20.9 Å². The molecule has 6 aromatic rings. The zero-order valence-corrected chi connectivity index (χ0v) is 40.8. The van der Waals surface area contributed by atoms with Gasteiger partial charge in [0.15, 0.2) is 0 Å². The van der Waals surface area contributed by atoms with Crippen LogP contribution < -0.4 is 15.2 Å². The summed E-state index contributed by atoms with van der Waals surface area (Å²) in [5.74, 6) is -1.84. The van der Waals surface area contributed by atoms with Gasteiger partial charge in [-0.25, -0.2) is 21.6 Å². The Hall–Kier alpha value is -5.18. The highest BCUT2D eigenvalue weighted by atomic mass is 35.5. The monoisotopic (exact) mass is 1010 g/mol. The average molecular weight is 1010 g/mol. The molecule has 346 valence electrons. The van der Waals surface area contributed by atoms with Crippen molar-refractivity contribution < 1.29 is 41.2 Å². The Morgan fingerprint density at radius 3 is 1.61 bits per heavy atom. The van der Waals surface area contributed by atoms with Gasteiger partial charge >= 0.3 is 11.9 Å². The van der Waals surface area contributed by atoms with Crippen LogP contribution in [0.4, 0.5) is 11.4 Å². The number of hydrogen-bond acceptors (Lipinski definition) is 12. The highest BCUT2D eigenvalue weighted by Gasteiger charge is 2.73. The van der Waals surface area contributed by atoms with Gasteiger partial charge in [0.1, 0.15) is 30.1 Å². The molecule has 20 heteroatoms. The number of halogens is 2. The van der Waals surface area contributed by atoms with E-state index in [0.717, 1.165) is 39.4 Å². The summed E-state index contributed by atoms with van der Waals surface area (Å²) in [6.07, 6.45) is 0.407. The minimum Gasteiger partial charge on any atom is -0.480 e. The molecule has 0 spiro atoms. The Kier molecular flexibility index (Phi) is 12.9. The topological polar surface area (TPSA) is 225 Å². The molecule has 0 amide bonds. The summed E-state index contributed by atoms with van der Waals surface area (Å²) in [5, 5.41) is 21.6. The Morgan fingerprint density at radius 2 is 1.15 bits per heavy atom. The van der Waals surface area contributed by atoms with E-state index < -0.39 is 64.4 Å². The van der Waals surface area contributed by atoms with Crippen LogP contribution in [0.1, 0.15) is 58.6 Å². The SMILES string of the molecule is CC(C)(C)OC(=O)[C@]1(NS(=O)(=O)c2ccc(-c3ccc(Cl)c([N+](=O)[O-])c3)s2)CC1(C)c1ccccc1.CC1(c2ccccc2)C[C@@]1(NS(=O)(=O)c1ccc(-c2ccc(Cl)c(N)c2)s1)C(=O)O. The summed E-state index contributed by atoms with van der Waals surface area (Å²) < 4.78 is 63.9. The van der Waals surface area contributed by atoms with Crippen LogP contribution in [0.3, 0.4) is 0 Å². The zero-order chi connectivity index (χ0) is 48.3. The Balaban J connectivity index is 0.000000199. The quantitative estimate of drug-likeness (QED) is 0.0369. The van der Waals surface area contributed by atoms with Crippen LogP contribution in [-0.2, 0) is 45.2 Å². The first kappa shape index (κ1) is 48.7. The summed E-state index contributed by atoms with van der Waals surface area (Å²) in [6.45, 7) is 8.78. The molecule has 0 saturated heterocycles. The molecule has 4 aromatic carbocycles. The molecule has 5 N–H and O–H groups in total. The van der Waals surface area contributed by atoms with E-state index in [2.05, 4.69) is 9.44 Å². The number of nitrogens with zero attached hydrogens (tertiary/aromatic N) is 1. The zero-order valence-electron chi connectivity index (χ0n) is 36.0. The highest BCUT2D eigenvalue weighted by molar-refractivity contribution is 7.92. The number of nitro benzene ring substituents is 1. The van der Waals surface area contributed by atoms with E-state index in [1.54, 1.807) is 64.1 Å². The smallest absolute Gasteiger partial charge is 0.328 e. The lowest BCUT2D eigenvalue weighted by Gasteiger charge is -2.27. The molecule has 2 aliphatic carbocycles. The Morgan fingerprint density at radius 1 is 0.712 bits per heavy atom. The van der Waals surface area contributed by atoms with E-state index in [1.165, 1.54) is 24.3 Å². The van der Waals surface area contributed by atoms with Crippen LogP contribution in [0.15, 0.2) is 130 Å². The van der Waals surface area contributed by atoms with Crippen LogP contribution in [0.2, 0.25) is 10.0 Å². The number of carbonyl (C=O) groups excluding carboxylic acids is 1. The molecule has 66 heavy (non-hydrogen) atoms. The van der Waals surface area contributed by atoms with Gasteiger partial charge < -0.3 is 15.6 Å². The van der Waals surface area contributed by atoms with Gasteiger partial charge in [-0.3, -0.25) is 14.9 Å². The fraction of sp³-hybridized carbons (Fsp3) is 0.261. The molecule has 2 unspecified atom stereocenters. The number of nitrogens with one attached hydrogen (secondary N) is 2. The largest absolute Gasteiger partial charge is 0.480 e. The number of esters is 1. The molecule has 0 aliphatic heterocycles. The summed E-state index contributed by atoms with van der Waals surface area (Å²) in [7, 11) is -8.20. The minimum absolute atomic E-state index is 0.0111. The maximum Gasteiger partial charge on any atom is 0.328 e. The molecule has 2 heterocycles. The number of carboxylic acids is 1. The molecule has 2 saturated carbocycles. The number of nitro groups is 1. The van der Waals surface area contributed by atoms with Crippen molar-refractivity contribution in [1.29, 1.82) is 0 Å². The maximum atomic E-state index is 13.5. The second-order valence-corrected chi connectivity index (χ2v) is 24.3. The number of nitrogens with two attached hydrogens (primary N) is 1. The second-order valence-electron chi connectivity index (χ2n) is 17.5. The molecule has 2 aromatic heterocycles. The normalized spacial score (nSPS) is 22.4. The Bertz CT molecular complexity index is 3110. The average Bonchev–Trinajstić information content (AvgIpc) is 3.73. The standard InChI is InChI=1S/C25H25ClN2O6S2.C21H19ClN2O4S2/c1-23(2,3)34-22(29)25(15-24(25,4)17-8-6-5-7-9-17)27-36(32,33)21-13-12-20(35-21)16-10-11-18(26)19(14-16)28(30)31;1-20(14-5-3-2-4-6-14)12-21(20,19(25)26)24-30(27,28)18-10-9-17(29-18)13-7-8-15(22)16(23)11-13/h5-14,27H,15H2,1-4H3;2-11,24H,12,23H2,1H3,(H,25,26)/t24?,25-;20?,21-/m11/s1. The second kappa shape index (κ2) is 17.5. The number of carboxylic acid groups (broad SMARTS) is 1. The van der Waals surface area contributed by atoms with Crippen LogP contribution in [0.5, 0.6) is 0 Å². The van der Waals surface area contributed by atoms with Gasteiger partial charge in [0, 0.05) is 26.7 Å². The molecular formula is C46H44Cl2N4O10S4. The number of nitrogen functional groups attached to an aromatic ring is 1. The number of benzene rings is 4. The van der Waals surface area contributed by atoms with E-state index in [4.69, 9.17) is 33.7 Å². The van der Waals surface area contributed by atoms with E-state index >= 15 is 0 Å². The van der Waals surface area contributed by atoms with Crippen molar-refractivity contribution in [2.75, 3.05) is 5.73 Å². The lowest BCUT2D eigenvalue weighted by atomic mass is 9.93. The fourth-order valence-corrected chi connectivity index (χ4v) is 13.8. The third kappa shape index (κ3) is 9.25. The number of anilines is 1.